The molecule has 0 saturated carbocycles. The zero-order valence-corrected chi connectivity index (χ0v) is 15.8. The summed E-state index contributed by atoms with van der Waals surface area (Å²) < 4.78 is 2.36. The van der Waals surface area contributed by atoms with E-state index in [0.29, 0.717) is 21.4 Å². The van der Waals surface area contributed by atoms with Crippen molar-refractivity contribution in [3.05, 3.63) is 63.5 Å². The van der Waals surface area contributed by atoms with Crippen molar-refractivity contribution in [3.8, 4) is 0 Å². The van der Waals surface area contributed by atoms with E-state index in [1.54, 1.807) is 22.5 Å². The third-order valence-corrected chi connectivity index (χ3v) is 6.20. The Morgan fingerprint density at radius 2 is 2.08 bits per heavy atom. The molecule has 0 aliphatic rings. The Bertz CT molecular complexity index is 1140. The van der Waals surface area contributed by atoms with E-state index in [4.69, 9.17) is 16.6 Å². The summed E-state index contributed by atoms with van der Waals surface area (Å²) >= 11 is 9.24. The molecular weight excluding hydrogens is 374 g/mol. The van der Waals surface area contributed by atoms with Gasteiger partial charge in [0.25, 0.3) is 5.56 Å². The molecule has 126 valence electrons. The van der Waals surface area contributed by atoms with Gasteiger partial charge in [0, 0.05) is 16.6 Å². The first-order valence-corrected chi connectivity index (χ1v) is 10.0. The minimum absolute atomic E-state index is 0.0381. The van der Waals surface area contributed by atoms with Crippen LogP contribution in [-0.4, -0.2) is 20.3 Å². The van der Waals surface area contributed by atoms with Crippen molar-refractivity contribution >= 4 is 55.1 Å². The van der Waals surface area contributed by atoms with Gasteiger partial charge in [-0.05, 0) is 29.5 Å². The Hall–Kier alpha value is -1.89. The second-order valence-corrected chi connectivity index (χ2v) is 8.08. The van der Waals surface area contributed by atoms with Crippen LogP contribution in [0.5, 0.6) is 0 Å². The molecule has 4 nitrogen and oxygen atoms in total. The monoisotopic (exact) mass is 387 g/mol. The molecule has 0 bridgehead atoms. The average Bonchev–Trinajstić information content (AvgIpc) is 2.99. The molecule has 0 N–H and O–H groups in total. The number of pyridine rings is 1. The Balaban J connectivity index is 1.97. The number of aromatic nitrogens is 3. The van der Waals surface area contributed by atoms with Gasteiger partial charge in [-0.25, -0.2) is 9.97 Å². The summed E-state index contributed by atoms with van der Waals surface area (Å²) in [6.45, 7) is 2.46. The minimum atomic E-state index is -0.0381. The van der Waals surface area contributed by atoms with Gasteiger partial charge < -0.3 is 0 Å². The first-order chi connectivity index (χ1) is 12.2. The number of rotatable bonds is 4. The first kappa shape index (κ1) is 16.6. The molecule has 4 aromatic rings. The number of hydrogen-bond donors (Lipinski definition) is 0. The van der Waals surface area contributed by atoms with E-state index in [-0.39, 0.29) is 5.56 Å². The lowest BCUT2D eigenvalue weighted by molar-refractivity contribution is 0.660. The van der Waals surface area contributed by atoms with Crippen molar-refractivity contribution in [2.24, 2.45) is 0 Å². The highest BCUT2D eigenvalue weighted by atomic mass is 35.5. The van der Waals surface area contributed by atoms with Crippen LogP contribution in [0.2, 0.25) is 5.02 Å². The topological polar surface area (TPSA) is 47.8 Å². The van der Waals surface area contributed by atoms with E-state index in [9.17, 15) is 4.79 Å². The van der Waals surface area contributed by atoms with Gasteiger partial charge in [0.1, 0.15) is 9.53 Å². The third-order valence-electron chi connectivity index (χ3n) is 3.88. The van der Waals surface area contributed by atoms with Crippen LogP contribution < -0.4 is 5.56 Å². The van der Waals surface area contributed by atoms with Gasteiger partial charge in [0.15, 0.2) is 5.16 Å². The number of thioether (sulfide) groups is 1. The molecule has 0 radical (unpaired) electrons. The smallest absolute Gasteiger partial charge is 0.272 e. The fourth-order valence-corrected chi connectivity index (χ4v) is 4.66. The lowest BCUT2D eigenvalue weighted by atomic mass is 10.2. The number of nitrogens with zero attached hydrogens (tertiary/aromatic N) is 3. The zero-order valence-electron chi connectivity index (χ0n) is 13.4. The molecule has 3 aromatic heterocycles. The molecule has 0 atom stereocenters. The third kappa shape index (κ3) is 2.94. The Kier molecular flexibility index (Phi) is 4.50. The second kappa shape index (κ2) is 6.78. The van der Waals surface area contributed by atoms with Crippen molar-refractivity contribution in [1.82, 2.24) is 14.5 Å². The molecule has 0 unspecified atom stereocenters. The zero-order chi connectivity index (χ0) is 17.4. The highest BCUT2D eigenvalue weighted by Crippen LogP contribution is 2.30. The molecule has 0 aliphatic carbocycles. The van der Waals surface area contributed by atoms with Crippen molar-refractivity contribution in [1.29, 1.82) is 0 Å². The Morgan fingerprint density at radius 1 is 1.24 bits per heavy atom. The van der Waals surface area contributed by atoms with Gasteiger partial charge >= 0.3 is 0 Å². The quantitative estimate of drug-likeness (QED) is 0.372. The minimum Gasteiger partial charge on any atom is -0.282 e. The van der Waals surface area contributed by atoms with Gasteiger partial charge in [-0.3, -0.25) is 9.36 Å². The van der Waals surface area contributed by atoms with Gasteiger partial charge in [-0.1, -0.05) is 48.5 Å². The predicted octanol–water partition coefficient (Wildman–Crippen LogP) is 4.82. The maximum Gasteiger partial charge on any atom is 0.272 e. The summed E-state index contributed by atoms with van der Waals surface area (Å²) in [6.07, 6.45) is 1.74. The maximum atomic E-state index is 13.2. The van der Waals surface area contributed by atoms with Gasteiger partial charge in [-0.2, -0.15) is 0 Å². The van der Waals surface area contributed by atoms with Gasteiger partial charge in [-0.15, -0.1) is 11.3 Å². The van der Waals surface area contributed by atoms with Crippen LogP contribution in [0.4, 0.5) is 0 Å². The largest absolute Gasteiger partial charge is 0.282 e. The normalized spacial score (nSPS) is 11.4. The number of benzene rings is 1. The van der Waals surface area contributed by atoms with Crippen molar-refractivity contribution in [2.45, 2.75) is 18.6 Å². The predicted molar refractivity (Wildman–Crippen MR) is 106 cm³/mol. The summed E-state index contributed by atoms with van der Waals surface area (Å²) in [5.74, 6) is 0.834. The van der Waals surface area contributed by atoms with E-state index < -0.39 is 0 Å². The summed E-state index contributed by atoms with van der Waals surface area (Å²) in [7, 11) is 0. The van der Waals surface area contributed by atoms with E-state index in [1.807, 2.05) is 43.3 Å². The molecule has 0 spiro atoms. The van der Waals surface area contributed by atoms with Gasteiger partial charge in [0.2, 0.25) is 0 Å². The van der Waals surface area contributed by atoms with E-state index in [1.165, 1.54) is 11.3 Å². The molecule has 0 amide bonds. The van der Waals surface area contributed by atoms with Crippen LogP contribution >= 0.6 is 34.7 Å². The Labute approximate surface area is 157 Å². The lowest BCUT2D eigenvalue weighted by Gasteiger charge is -2.12. The van der Waals surface area contributed by atoms with Crippen molar-refractivity contribution in [3.63, 3.8) is 0 Å². The number of hydrogen-bond acceptors (Lipinski definition) is 5. The SMILES string of the molecule is CCSc1nc2c(sc3ncccc32)c(=O)n1Cc1ccccc1Cl. The van der Waals surface area contributed by atoms with E-state index in [0.717, 1.165) is 27.0 Å². The fraction of sp³-hybridized carbons (Fsp3) is 0.167. The number of halogens is 1. The number of fused-ring (bicyclic) bond motifs is 3. The molecule has 0 aliphatic heterocycles. The van der Waals surface area contributed by atoms with Crippen LogP contribution in [0.25, 0.3) is 20.4 Å². The van der Waals surface area contributed by atoms with Crippen LogP contribution in [0.15, 0.2) is 52.5 Å². The van der Waals surface area contributed by atoms with Crippen LogP contribution in [0, 0.1) is 0 Å². The molecule has 25 heavy (non-hydrogen) atoms. The van der Waals surface area contributed by atoms with Crippen LogP contribution in [0.1, 0.15) is 12.5 Å². The molecule has 0 saturated heterocycles. The molecule has 3 heterocycles. The summed E-state index contributed by atoms with van der Waals surface area (Å²) in [6, 6.07) is 11.4. The standard InChI is InChI=1S/C18H14ClN3OS2/c1-2-24-18-21-14-12-7-5-9-20-16(12)25-15(14)17(23)22(18)10-11-6-3-4-8-13(11)19/h3-9H,2,10H2,1H3. The molecule has 1 aromatic carbocycles. The fourth-order valence-electron chi connectivity index (χ4n) is 2.72. The van der Waals surface area contributed by atoms with Crippen molar-refractivity contribution in [2.75, 3.05) is 5.75 Å². The Morgan fingerprint density at radius 3 is 2.88 bits per heavy atom. The molecule has 4 rings (SSSR count). The van der Waals surface area contributed by atoms with Crippen LogP contribution in [0.3, 0.4) is 0 Å². The molecular formula is C18H14ClN3OS2. The highest BCUT2D eigenvalue weighted by Gasteiger charge is 2.17. The summed E-state index contributed by atoms with van der Waals surface area (Å²) in [4.78, 5) is 23.2. The second-order valence-electron chi connectivity index (χ2n) is 5.45. The number of thiophene rings is 1. The summed E-state index contributed by atoms with van der Waals surface area (Å²) in [5.41, 5.74) is 1.61. The van der Waals surface area contributed by atoms with E-state index in [2.05, 4.69) is 4.98 Å². The van der Waals surface area contributed by atoms with E-state index >= 15 is 0 Å². The maximum absolute atomic E-state index is 13.2. The molecule has 0 fully saturated rings. The highest BCUT2D eigenvalue weighted by molar-refractivity contribution is 7.99. The van der Waals surface area contributed by atoms with Crippen LogP contribution in [-0.2, 0) is 6.54 Å². The first-order valence-electron chi connectivity index (χ1n) is 7.83. The van der Waals surface area contributed by atoms with Gasteiger partial charge in [0.05, 0.1) is 12.1 Å². The lowest BCUT2D eigenvalue weighted by Crippen LogP contribution is -2.23. The average molecular weight is 388 g/mol. The summed E-state index contributed by atoms with van der Waals surface area (Å²) in [5, 5.41) is 2.30. The van der Waals surface area contributed by atoms with Crippen molar-refractivity contribution < 1.29 is 0 Å². The molecule has 7 heteroatoms.